The average Bonchev–Trinajstić information content (AvgIpc) is 2.79. The van der Waals surface area contributed by atoms with Gasteiger partial charge in [-0.15, -0.1) is 0 Å². The van der Waals surface area contributed by atoms with Crippen LogP contribution in [0.3, 0.4) is 0 Å². The molecule has 2 N–H and O–H groups in total. The molecule has 0 unspecified atom stereocenters. The smallest absolute Gasteiger partial charge is 0.253 e. The highest BCUT2D eigenvalue weighted by atomic mass is 16.2. The normalized spacial score (nSPS) is 14.7. The minimum absolute atomic E-state index is 0.0402. The van der Waals surface area contributed by atoms with E-state index in [-0.39, 0.29) is 23.6 Å². The summed E-state index contributed by atoms with van der Waals surface area (Å²) in [4.78, 5) is 39.2. The Kier molecular flexibility index (Phi) is 7.67. The second-order valence-electron chi connectivity index (χ2n) is 9.37. The highest BCUT2D eigenvalue weighted by Gasteiger charge is 2.28. The van der Waals surface area contributed by atoms with Gasteiger partial charge in [-0.25, -0.2) is 0 Å². The van der Waals surface area contributed by atoms with Crippen molar-refractivity contribution in [3.05, 3.63) is 65.7 Å². The van der Waals surface area contributed by atoms with Crippen LogP contribution in [0.5, 0.6) is 0 Å². The number of likely N-dealkylation sites (tertiary alicyclic amines) is 1. The van der Waals surface area contributed by atoms with E-state index in [0.29, 0.717) is 43.7 Å². The first-order valence-electron chi connectivity index (χ1n) is 11.3. The molecule has 2 aromatic rings. The molecule has 0 radical (unpaired) electrons. The maximum Gasteiger partial charge on any atom is 0.253 e. The molecule has 170 valence electrons. The third kappa shape index (κ3) is 6.42. The predicted molar refractivity (Wildman–Crippen MR) is 126 cm³/mol. The molecule has 0 aliphatic carbocycles. The lowest BCUT2D eigenvalue weighted by atomic mass is 9.95. The minimum Gasteiger partial charge on any atom is -0.356 e. The molecule has 0 atom stereocenters. The number of nitrogens with one attached hydrogen (secondary N) is 2. The van der Waals surface area contributed by atoms with E-state index in [2.05, 4.69) is 22.8 Å². The van der Waals surface area contributed by atoms with Crippen molar-refractivity contribution in [2.24, 2.45) is 11.3 Å². The van der Waals surface area contributed by atoms with Gasteiger partial charge in [0.1, 0.15) is 0 Å². The third-order valence-corrected chi connectivity index (χ3v) is 5.78. The van der Waals surface area contributed by atoms with Gasteiger partial charge in [0.15, 0.2) is 0 Å². The zero-order chi connectivity index (χ0) is 23.1. The third-order valence-electron chi connectivity index (χ3n) is 5.78. The molecule has 1 aliphatic heterocycles. The number of carbonyl (C=O) groups excluding carboxylic acids is 3. The summed E-state index contributed by atoms with van der Waals surface area (Å²) in [6.07, 6.45) is 2.15. The fourth-order valence-corrected chi connectivity index (χ4v) is 3.66. The van der Waals surface area contributed by atoms with Crippen LogP contribution in [0.1, 0.15) is 49.5 Å². The van der Waals surface area contributed by atoms with Gasteiger partial charge in [-0.2, -0.15) is 0 Å². The van der Waals surface area contributed by atoms with Gasteiger partial charge in [0, 0.05) is 42.2 Å². The number of amides is 3. The summed E-state index contributed by atoms with van der Waals surface area (Å²) >= 11 is 0. The molecule has 1 aliphatic rings. The van der Waals surface area contributed by atoms with Gasteiger partial charge in [0.05, 0.1) is 0 Å². The molecular weight excluding hydrogens is 402 g/mol. The largest absolute Gasteiger partial charge is 0.356 e. The molecule has 0 aromatic heterocycles. The van der Waals surface area contributed by atoms with E-state index in [1.165, 1.54) is 5.56 Å². The second kappa shape index (κ2) is 10.4. The first-order valence-corrected chi connectivity index (χ1v) is 11.3. The fraction of sp³-hybridized carbons (Fsp3) is 0.423. The zero-order valence-corrected chi connectivity index (χ0v) is 19.2. The lowest BCUT2D eigenvalue weighted by Crippen LogP contribution is -2.43. The van der Waals surface area contributed by atoms with Gasteiger partial charge in [0.2, 0.25) is 11.8 Å². The maximum absolute atomic E-state index is 12.8. The van der Waals surface area contributed by atoms with Crippen molar-refractivity contribution in [2.75, 3.05) is 25.0 Å². The van der Waals surface area contributed by atoms with E-state index in [9.17, 15) is 14.4 Å². The summed E-state index contributed by atoms with van der Waals surface area (Å²) < 4.78 is 0. The Morgan fingerprint density at radius 1 is 0.938 bits per heavy atom. The standard InChI is InChI=1S/C26H33N3O3/c1-26(2,3)25(32)28-22-11-9-21(10-12-22)24(31)29-17-14-20(15-18-29)23(30)27-16-13-19-7-5-4-6-8-19/h4-12,20H,13-18H2,1-3H3,(H,27,30)(H,28,32). The van der Waals surface area contributed by atoms with Gasteiger partial charge < -0.3 is 15.5 Å². The number of rotatable bonds is 6. The molecule has 1 heterocycles. The van der Waals surface area contributed by atoms with E-state index in [1.54, 1.807) is 29.2 Å². The molecule has 1 fully saturated rings. The first kappa shape index (κ1) is 23.5. The second-order valence-corrected chi connectivity index (χ2v) is 9.37. The summed E-state index contributed by atoms with van der Waals surface area (Å²) in [5.74, 6) is -0.0842. The van der Waals surface area contributed by atoms with Crippen LogP contribution in [0.15, 0.2) is 54.6 Å². The highest BCUT2D eigenvalue weighted by molar-refractivity contribution is 5.97. The molecule has 0 saturated carbocycles. The molecule has 2 aromatic carbocycles. The van der Waals surface area contributed by atoms with Gasteiger partial charge in [-0.1, -0.05) is 51.1 Å². The zero-order valence-electron chi connectivity index (χ0n) is 19.2. The first-order chi connectivity index (χ1) is 15.2. The topological polar surface area (TPSA) is 78.5 Å². The van der Waals surface area contributed by atoms with Crippen LogP contribution in [0.2, 0.25) is 0 Å². The van der Waals surface area contributed by atoms with Crippen molar-refractivity contribution >= 4 is 23.4 Å². The lowest BCUT2D eigenvalue weighted by molar-refractivity contribution is -0.126. The predicted octanol–water partition coefficient (Wildman–Crippen LogP) is 3.88. The maximum atomic E-state index is 12.8. The number of hydrogen-bond donors (Lipinski definition) is 2. The van der Waals surface area contributed by atoms with Crippen LogP contribution < -0.4 is 10.6 Å². The number of benzene rings is 2. The summed E-state index contributed by atoms with van der Waals surface area (Å²) in [6.45, 7) is 7.32. The van der Waals surface area contributed by atoms with Crippen LogP contribution in [0, 0.1) is 11.3 Å². The van der Waals surface area contributed by atoms with Crippen molar-refractivity contribution in [1.82, 2.24) is 10.2 Å². The van der Waals surface area contributed by atoms with Crippen LogP contribution in [0.25, 0.3) is 0 Å². The molecule has 3 rings (SSSR count). The molecule has 6 heteroatoms. The van der Waals surface area contributed by atoms with Gasteiger partial charge >= 0.3 is 0 Å². The minimum atomic E-state index is -0.479. The van der Waals surface area contributed by atoms with E-state index in [1.807, 2.05) is 39.0 Å². The summed E-state index contributed by atoms with van der Waals surface area (Å²) in [5.41, 5.74) is 1.99. The van der Waals surface area contributed by atoms with Gasteiger partial charge in [-0.05, 0) is 49.1 Å². The monoisotopic (exact) mass is 435 g/mol. The van der Waals surface area contributed by atoms with Crippen molar-refractivity contribution in [3.63, 3.8) is 0 Å². The highest BCUT2D eigenvalue weighted by Crippen LogP contribution is 2.21. The molecule has 0 spiro atoms. The van der Waals surface area contributed by atoms with Crippen molar-refractivity contribution < 1.29 is 14.4 Å². The van der Waals surface area contributed by atoms with Crippen molar-refractivity contribution in [1.29, 1.82) is 0 Å². The Hall–Kier alpha value is -3.15. The summed E-state index contributed by atoms with van der Waals surface area (Å²) in [7, 11) is 0. The molecular formula is C26H33N3O3. The number of hydrogen-bond acceptors (Lipinski definition) is 3. The van der Waals surface area contributed by atoms with E-state index >= 15 is 0 Å². The van der Waals surface area contributed by atoms with Crippen LogP contribution in [-0.2, 0) is 16.0 Å². The summed E-state index contributed by atoms with van der Waals surface area (Å²) in [6, 6.07) is 17.1. The van der Waals surface area contributed by atoms with E-state index in [0.717, 1.165) is 6.42 Å². The van der Waals surface area contributed by atoms with Crippen LogP contribution >= 0.6 is 0 Å². The fourth-order valence-electron chi connectivity index (χ4n) is 3.66. The number of carbonyl (C=O) groups is 3. The number of anilines is 1. The Morgan fingerprint density at radius 2 is 1.56 bits per heavy atom. The summed E-state index contributed by atoms with van der Waals surface area (Å²) in [5, 5.41) is 5.90. The van der Waals surface area contributed by atoms with Gasteiger partial charge in [0.25, 0.3) is 5.91 Å². The molecule has 32 heavy (non-hydrogen) atoms. The molecule has 0 bridgehead atoms. The lowest BCUT2D eigenvalue weighted by Gasteiger charge is -2.31. The van der Waals surface area contributed by atoms with Gasteiger partial charge in [-0.3, -0.25) is 14.4 Å². The van der Waals surface area contributed by atoms with Crippen LogP contribution in [-0.4, -0.2) is 42.3 Å². The van der Waals surface area contributed by atoms with Crippen molar-refractivity contribution in [3.8, 4) is 0 Å². The Balaban J connectivity index is 1.44. The number of piperidine rings is 1. The Bertz CT molecular complexity index is 925. The number of nitrogens with zero attached hydrogens (tertiary/aromatic N) is 1. The SMILES string of the molecule is CC(C)(C)C(=O)Nc1ccc(C(=O)N2CCC(C(=O)NCCc3ccccc3)CC2)cc1. The van der Waals surface area contributed by atoms with E-state index < -0.39 is 5.41 Å². The molecule has 1 saturated heterocycles. The Labute approximate surface area is 190 Å². The van der Waals surface area contributed by atoms with E-state index in [4.69, 9.17) is 0 Å². The quantitative estimate of drug-likeness (QED) is 0.723. The van der Waals surface area contributed by atoms with Crippen molar-refractivity contribution in [2.45, 2.75) is 40.0 Å². The molecule has 3 amide bonds. The Morgan fingerprint density at radius 3 is 2.16 bits per heavy atom. The van der Waals surface area contributed by atoms with Crippen LogP contribution in [0.4, 0.5) is 5.69 Å². The molecule has 6 nitrogen and oxygen atoms in total. The average molecular weight is 436 g/mol.